The average Bonchev–Trinajstić information content (AvgIpc) is 3.17. The molecule has 3 aromatic heterocycles. The van der Waals surface area contributed by atoms with Crippen LogP contribution in [-0.2, 0) is 6.54 Å². The van der Waals surface area contributed by atoms with Crippen LogP contribution in [0.4, 0.5) is 0 Å². The maximum atomic E-state index is 12.2. The third kappa shape index (κ3) is 3.39. The number of nitrogens with one attached hydrogen (secondary N) is 1. The Balaban J connectivity index is 1.37. The van der Waals surface area contributed by atoms with Crippen molar-refractivity contribution in [2.24, 2.45) is 0 Å². The van der Waals surface area contributed by atoms with Crippen LogP contribution >= 0.6 is 0 Å². The SMILES string of the molecule is O=C(NCCn1ccc(-c2cnccn2)n1)c1cnc2ccccc2n1. The predicted molar refractivity (Wildman–Crippen MR) is 95.1 cm³/mol. The lowest BCUT2D eigenvalue weighted by Crippen LogP contribution is -2.28. The Morgan fingerprint density at radius 2 is 1.88 bits per heavy atom. The van der Waals surface area contributed by atoms with E-state index in [0.717, 1.165) is 11.2 Å². The summed E-state index contributed by atoms with van der Waals surface area (Å²) in [5, 5.41) is 7.26. The van der Waals surface area contributed by atoms with Crippen LogP contribution in [0.3, 0.4) is 0 Å². The molecule has 0 fully saturated rings. The maximum absolute atomic E-state index is 12.2. The van der Waals surface area contributed by atoms with E-state index in [9.17, 15) is 4.79 Å². The number of aromatic nitrogens is 6. The van der Waals surface area contributed by atoms with Gasteiger partial charge in [0.2, 0.25) is 0 Å². The van der Waals surface area contributed by atoms with Gasteiger partial charge < -0.3 is 5.32 Å². The van der Waals surface area contributed by atoms with Crippen LogP contribution in [0.1, 0.15) is 10.5 Å². The molecular formula is C18H15N7O. The van der Waals surface area contributed by atoms with Crippen molar-refractivity contribution in [1.29, 1.82) is 0 Å². The predicted octanol–water partition coefficient (Wildman–Crippen LogP) is 1.71. The molecular weight excluding hydrogens is 330 g/mol. The summed E-state index contributed by atoms with van der Waals surface area (Å²) >= 11 is 0. The highest BCUT2D eigenvalue weighted by molar-refractivity contribution is 5.93. The molecule has 1 amide bonds. The molecule has 8 heteroatoms. The van der Waals surface area contributed by atoms with Crippen LogP contribution in [0.5, 0.6) is 0 Å². The molecule has 1 N–H and O–H groups in total. The summed E-state index contributed by atoms with van der Waals surface area (Å²) in [5.74, 6) is -0.260. The first-order valence-corrected chi connectivity index (χ1v) is 8.09. The summed E-state index contributed by atoms with van der Waals surface area (Å²) in [7, 11) is 0. The highest BCUT2D eigenvalue weighted by atomic mass is 16.1. The van der Waals surface area contributed by atoms with E-state index in [-0.39, 0.29) is 5.91 Å². The molecule has 0 radical (unpaired) electrons. The van der Waals surface area contributed by atoms with E-state index in [0.29, 0.717) is 30.0 Å². The molecule has 0 aliphatic heterocycles. The van der Waals surface area contributed by atoms with E-state index in [1.165, 1.54) is 6.20 Å². The molecule has 0 aliphatic carbocycles. The molecule has 0 unspecified atom stereocenters. The van der Waals surface area contributed by atoms with Crippen molar-refractivity contribution in [3.63, 3.8) is 0 Å². The number of para-hydroxylation sites is 2. The van der Waals surface area contributed by atoms with Crippen molar-refractivity contribution >= 4 is 16.9 Å². The molecule has 0 bridgehead atoms. The molecule has 8 nitrogen and oxygen atoms in total. The number of fused-ring (bicyclic) bond motifs is 1. The Kier molecular flexibility index (Phi) is 4.29. The Labute approximate surface area is 149 Å². The second-order valence-corrected chi connectivity index (χ2v) is 5.55. The zero-order chi connectivity index (χ0) is 17.8. The molecule has 26 heavy (non-hydrogen) atoms. The number of rotatable bonds is 5. The normalized spacial score (nSPS) is 10.8. The molecule has 0 saturated heterocycles. The van der Waals surface area contributed by atoms with Crippen LogP contribution in [0.15, 0.2) is 61.3 Å². The number of carbonyl (C=O) groups is 1. The lowest BCUT2D eigenvalue weighted by Gasteiger charge is -2.05. The summed E-state index contributed by atoms with van der Waals surface area (Å²) in [6.07, 6.45) is 8.22. The van der Waals surface area contributed by atoms with Gasteiger partial charge >= 0.3 is 0 Å². The Bertz CT molecular complexity index is 1050. The molecule has 0 atom stereocenters. The summed E-state index contributed by atoms with van der Waals surface area (Å²) in [6.45, 7) is 0.960. The highest BCUT2D eigenvalue weighted by Gasteiger charge is 2.09. The number of hydrogen-bond donors (Lipinski definition) is 1. The van der Waals surface area contributed by atoms with Gasteiger partial charge in [0.1, 0.15) is 17.1 Å². The summed E-state index contributed by atoms with van der Waals surface area (Å²) < 4.78 is 1.75. The van der Waals surface area contributed by atoms with Gasteiger partial charge in [-0.25, -0.2) is 4.98 Å². The second kappa shape index (κ2) is 7.06. The van der Waals surface area contributed by atoms with Crippen LogP contribution in [0, 0.1) is 0 Å². The fraction of sp³-hybridized carbons (Fsp3) is 0.111. The standard InChI is InChI=1S/C18H15N7O/c26-18(17-12-22-13-3-1-2-4-14(13)23-17)21-8-10-25-9-5-15(24-25)16-11-19-6-7-20-16/h1-7,9,11-12H,8,10H2,(H,21,26). The number of hydrogen-bond acceptors (Lipinski definition) is 6. The van der Waals surface area contributed by atoms with Crippen molar-refractivity contribution in [3.8, 4) is 11.4 Å². The number of amides is 1. The van der Waals surface area contributed by atoms with E-state index in [2.05, 4.69) is 30.4 Å². The van der Waals surface area contributed by atoms with E-state index < -0.39 is 0 Å². The van der Waals surface area contributed by atoms with E-state index in [1.54, 1.807) is 23.3 Å². The van der Waals surface area contributed by atoms with Crippen molar-refractivity contribution in [3.05, 3.63) is 67.0 Å². The first-order chi connectivity index (χ1) is 12.8. The van der Waals surface area contributed by atoms with Gasteiger partial charge in [-0.2, -0.15) is 5.10 Å². The van der Waals surface area contributed by atoms with Crippen molar-refractivity contribution < 1.29 is 4.79 Å². The van der Waals surface area contributed by atoms with E-state index in [4.69, 9.17) is 0 Å². The smallest absolute Gasteiger partial charge is 0.271 e. The number of nitrogens with zero attached hydrogens (tertiary/aromatic N) is 6. The van der Waals surface area contributed by atoms with E-state index in [1.807, 2.05) is 36.5 Å². The van der Waals surface area contributed by atoms with E-state index >= 15 is 0 Å². The topological polar surface area (TPSA) is 98.5 Å². The van der Waals surface area contributed by atoms with Gasteiger partial charge in [-0.15, -0.1) is 0 Å². The van der Waals surface area contributed by atoms with Gasteiger partial charge in [0.15, 0.2) is 0 Å². The monoisotopic (exact) mass is 345 g/mol. The van der Waals surface area contributed by atoms with Gasteiger partial charge in [-0.3, -0.25) is 24.4 Å². The maximum Gasteiger partial charge on any atom is 0.271 e. The minimum atomic E-state index is -0.260. The van der Waals surface area contributed by atoms with Gasteiger partial charge in [0, 0.05) is 25.1 Å². The van der Waals surface area contributed by atoms with Crippen LogP contribution in [-0.4, -0.2) is 42.2 Å². The van der Waals surface area contributed by atoms with Crippen molar-refractivity contribution in [2.75, 3.05) is 6.54 Å². The van der Waals surface area contributed by atoms with Crippen LogP contribution < -0.4 is 5.32 Å². The Hall–Kier alpha value is -3.68. The molecule has 4 rings (SSSR count). The molecule has 1 aromatic carbocycles. The number of carbonyl (C=O) groups excluding carboxylic acids is 1. The third-order valence-corrected chi connectivity index (χ3v) is 3.77. The minimum absolute atomic E-state index is 0.260. The molecule has 0 aliphatic rings. The zero-order valence-electron chi connectivity index (χ0n) is 13.8. The van der Waals surface area contributed by atoms with Crippen molar-refractivity contribution in [1.82, 2.24) is 35.0 Å². The lowest BCUT2D eigenvalue weighted by atomic mass is 10.3. The van der Waals surface area contributed by atoms with Crippen LogP contribution in [0.25, 0.3) is 22.4 Å². The van der Waals surface area contributed by atoms with Crippen molar-refractivity contribution in [2.45, 2.75) is 6.54 Å². The highest BCUT2D eigenvalue weighted by Crippen LogP contribution is 2.11. The first-order valence-electron chi connectivity index (χ1n) is 8.09. The fourth-order valence-electron chi connectivity index (χ4n) is 2.50. The molecule has 4 aromatic rings. The summed E-state index contributed by atoms with van der Waals surface area (Å²) in [5.41, 5.74) is 3.20. The number of benzene rings is 1. The molecule has 128 valence electrons. The van der Waals surface area contributed by atoms with Crippen LogP contribution in [0.2, 0.25) is 0 Å². The molecule has 0 saturated carbocycles. The second-order valence-electron chi connectivity index (χ2n) is 5.55. The quantitative estimate of drug-likeness (QED) is 0.591. The zero-order valence-corrected chi connectivity index (χ0v) is 13.8. The fourth-order valence-corrected chi connectivity index (χ4v) is 2.50. The minimum Gasteiger partial charge on any atom is -0.349 e. The van der Waals surface area contributed by atoms with Gasteiger partial charge in [-0.05, 0) is 18.2 Å². The average molecular weight is 345 g/mol. The Morgan fingerprint density at radius 1 is 1.00 bits per heavy atom. The summed E-state index contributed by atoms with van der Waals surface area (Å²) in [6, 6.07) is 9.30. The third-order valence-electron chi connectivity index (χ3n) is 3.77. The largest absolute Gasteiger partial charge is 0.349 e. The molecule has 3 heterocycles. The summed E-state index contributed by atoms with van der Waals surface area (Å²) in [4.78, 5) is 29.1. The first kappa shape index (κ1) is 15.8. The van der Waals surface area contributed by atoms with Gasteiger partial charge in [-0.1, -0.05) is 12.1 Å². The van der Waals surface area contributed by atoms with Gasteiger partial charge in [0.05, 0.1) is 30.0 Å². The lowest BCUT2D eigenvalue weighted by molar-refractivity contribution is 0.0947. The molecule has 0 spiro atoms. The van der Waals surface area contributed by atoms with Gasteiger partial charge in [0.25, 0.3) is 5.91 Å². The Morgan fingerprint density at radius 3 is 2.73 bits per heavy atom.